The number of carbonyl (C=O) groups excluding carboxylic acids is 2. The monoisotopic (exact) mass is 337 g/mol. The summed E-state index contributed by atoms with van der Waals surface area (Å²) in [7, 11) is 0. The van der Waals surface area contributed by atoms with Crippen molar-refractivity contribution in [2.24, 2.45) is 5.92 Å². The van der Waals surface area contributed by atoms with Gasteiger partial charge >= 0.3 is 0 Å². The van der Waals surface area contributed by atoms with Crippen molar-refractivity contribution in [1.29, 1.82) is 0 Å². The third kappa shape index (κ3) is 4.15. The fourth-order valence-electron chi connectivity index (χ4n) is 2.03. The average Bonchev–Trinajstić information content (AvgIpc) is 2.91. The van der Waals surface area contributed by atoms with Crippen LogP contribution in [0.1, 0.15) is 30.0 Å². The topological polar surface area (TPSA) is 84.2 Å². The van der Waals surface area contributed by atoms with E-state index in [1.807, 2.05) is 0 Å². The Morgan fingerprint density at radius 2 is 1.88 bits per heavy atom. The molecule has 1 aromatic carbocycles. The maximum atomic E-state index is 13.2. The largest absolute Gasteiger partial charge is 0.360 e. The van der Waals surface area contributed by atoms with E-state index >= 15 is 0 Å². The van der Waals surface area contributed by atoms with Crippen molar-refractivity contribution in [3.05, 3.63) is 47.2 Å². The van der Waals surface area contributed by atoms with E-state index < -0.39 is 29.5 Å². The second-order valence-corrected chi connectivity index (χ2v) is 5.64. The number of nitrogens with zero attached hydrogens (tertiary/aromatic N) is 1. The van der Waals surface area contributed by atoms with Crippen molar-refractivity contribution < 1.29 is 22.9 Å². The summed E-state index contributed by atoms with van der Waals surface area (Å²) in [6.45, 7) is 5.15. The summed E-state index contributed by atoms with van der Waals surface area (Å²) in [5.41, 5.74) is -0.0790. The SMILES string of the molecule is Cc1cc(NC(=O)[C@@H](NC(=O)c2ccc(F)c(F)c2)C(C)C)no1. The van der Waals surface area contributed by atoms with Crippen LogP contribution in [0.3, 0.4) is 0 Å². The first-order valence-corrected chi connectivity index (χ1v) is 7.28. The fourth-order valence-corrected chi connectivity index (χ4v) is 2.03. The Bertz CT molecular complexity index is 759. The number of hydrogen-bond donors (Lipinski definition) is 2. The first-order chi connectivity index (χ1) is 11.3. The Morgan fingerprint density at radius 3 is 2.42 bits per heavy atom. The molecule has 0 aliphatic carbocycles. The van der Waals surface area contributed by atoms with Crippen molar-refractivity contribution in [2.75, 3.05) is 5.32 Å². The maximum absolute atomic E-state index is 13.2. The molecule has 0 aliphatic rings. The lowest BCUT2D eigenvalue weighted by atomic mass is 10.0. The van der Waals surface area contributed by atoms with E-state index in [0.717, 1.165) is 18.2 Å². The molecule has 1 atom stereocenters. The molecule has 0 bridgehead atoms. The highest BCUT2D eigenvalue weighted by Gasteiger charge is 2.25. The molecular weight excluding hydrogens is 320 g/mol. The van der Waals surface area contributed by atoms with Gasteiger partial charge in [-0.15, -0.1) is 0 Å². The number of hydrogen-bond acceptors (Lipinski definition) is 4. The number of amides is 2. The van der Waals surface area contributed by atoms with Gasteiger partial charge in [0.25, 0.3) is 5.91 Å². The number of benzene rings is 1. The van der Waals surface area contributed by atoms with E-state index in [0.29, 0.717) is 5.76 Å². The van der Waals surface area contributed by atoms with Crippen LogP contribution >= 0.6 is 0 Å². The fraction of sp³-hybridized carbons (Fsp3) is 0.312. The van der Waals surface area contributed by atoms with Gasteiger partial charge in [-0.05, 0) is 31.0 Å². The summed E-state index contributed by atoms with van der Waals surface area (Å²) in [5.74, 6) is -2.85. The third-order valence-corrected chi connectivity index (χ3v) is 3.30. The minimum Gasteiger partial charge on any atom is -0.360 e. The molecule has 1 heterocycles. The maximum Gasteiger partial charge on any atom is 0.252 e. The van der Waals surface area contributed by atoms with E-state index in [1.54, 1.807) is 20.8 Å². The van der Waals surface area contributed by atoms with Crippen LogP contribution in [0.4, 0.5) is 14.6 Å². The molecule has 0 unspecified atom stereocenters. The molecule has 0 radical (unpaired) electrons. The first kappa shape index (κ1) is 17.6. The molecule has 8 heteroatoms. The van der Waals surface area contributed by atoms with E-state index in [1.165, 1.54) is 6.07 Å². The Kier molecular flexibility index (Phi) is 5.28. The zero-order valence-electron chi connectivity index (χ0n) is 13.4. The molecule has 128 valence electrons. The van der Waals surface area contributed by atoms with Gasteiger partial charge in [-0.3, -0.25) is 9.59 Å². The van der Waals surface area contributed by atoms with E-state index in [-0.39, 0.29) is 17.3 Å². The van der Waals surface area contributed by atoms with Crippen LogP contribution in [0.2, 0.25) is 0 Å². The van der Waals surface area contributed by atoms with Gasteiger partial charge in [0.15, 0.2) is 17.5 Å². The summed E-state index contributed by atoms with van der Waals surface area (Å²) in [5, 5.41) is 8.68. The van der Waals surface area contributed by atoms with Crippen molar-refractivity contribution >= 4 is 17.6 Å². The average molecular weight is 337 g/mol. The van der Waals surface area contributed by atoms with Crippen LogP contribution < -0.4 is 10.6 Å². The number of halogens is 2. The normalized spacial score (nSPS) is 12.1. The second-order valence-electron chi connectivity index (χ2n) is 5.64. The molecule has 0 spiro atoms. The number of nitrogens with one attached hydrogen (secondary N) is 2. The summed E-state index contributed by atoms with van der Waals surface area (Å²) in [6, 6.07) is 3.42. The van der Waals surface area contributed by atoms with Crippen LogP contribution in [0.25, 0.3) is 0 Å². The van der Waals surface area contributed by atoms with Crippen molar-refractivity contribution in [3.63, 3.8) is 0 Å². The van der Waals surface area contributed by atoms with Gasteiger partial charge in [-0.2, -0.15) is 0 Å². The zero-order valence-corrected chi connectivity index (χ0v) is 13.4. The Hall–Kier alpha value is -2.77. The predicted molar refractivity (Wildman–Crippen MR) is 82.3 cm³/mol. The molecule has 1 aromatic heterocycles. The lowest BCUT2D eigenvalue weighted by Crippen LogP contribution is -2.47. The zero-order chi connectivity index (χ0) is 17.9. The highest BCUT2D eigenvalue weighted by Crippen LogP contribution is 2.12. The van der Waals surface area contributed by atoms with Gasteiger partial charge in [-0.1, -0.05) is 19.0 Å². The van der Waals surface area contributed by atoms with Gasteiger partial charge in [0, 0.05) is 11.6 Å². The van der Waals surface area contributed by atoms with Gasteiger partial charge in [0.1, 0.15) is 11.8 Å². The summed E-state index contributed by atoms with van der Waals surface area (Å²) < 4.78 is 31.0. The second kappa shape index (κ2) is 7.20. The smallest absolute Gasteiger partial charge is 0.252 e. The molecule has 0 saturated heterocycles. The molecule has 24 heavy (non-hydrogen) atoms. The highest BCUT2D eigenvalue weighted by molar-refractivity contribution is 6.00. The molecule has 0 saturated carbocycles. The summed E-state index contributed by atoms with van der Waals surface area (Å²) in [6.07, 6.45) is 0. The number of carbonyl (C=O) groups is 2. The molecule has 0 aliphatic heterocycles. The number of anilines is 1. The van der Waals surface area contributed by atoms with Gasteiger partial charge in [0.05, 0.1) is 0 Å². The van der Waals surface area contributed by atoms with E-state index in [9.17, 15) is 18.4 Å². The molecule has 2 amide bonds. The Morgan fingerprint density at radius 1 is 1.17 bits per heavy atom. The van der Waals surface area contributed by atoms with Gasteiger partial charge in [-0.25, -0.2) is 8.78 Å². The quantitative estimate of drug-likeness (QED) is 0.878. The lowest BCUT2D eigenvalue weighted by Gasteiger charge is -2.21. The van der Waals surface area contributed by atoms with Gasteiger partial charge in [0.2, 0.25) is 5.91 Å². The summed E-state index contributed by atoms with van der Waals surface area (Å²) in [4.78, 5) is 24.5. The first-order valence-electron chi connectivity index (χ1n) is 7.28. The Labute approximate surface area is 137 Å². The third-order valence-electron chi connectivity index (χ3n) is 3.30. The summed E-state index contributed by atoms with van der Waals surface area (Å²) >= 11 is 0. The minimum absolute atomic E-state index is 0.0790. The molecule has 6 nitrogen and oxygen atoms in total. The lowest BCUT2D eigenvalue weighted by molar-refractivity contribution is -0.118. The molecular formula is C16H17F2N3O3. The van der Waals surface area contributed by atoms with Crippen LogP contribution in [-0.2, 0) is 4.79 Å². The van der Waals surface area contributed by atoms with Crippen LogP contribution in [-0.4, -0.2) is 23.0 Å². The molecule has 2 aromatic rings. The van der Waals surface area contributed by atoms with E-state index in [4.69, 9.17) is 4.52 Å². The standard InChI is InChI=1S/C16H17F2N3O3/c1-8(2)14(16(23)19-13-6-9(3)24-21-13)20-15(22)10-4-5-11(17)12(18)7-10/h4-8,14H,1-3H3,(H,20,22)(H,19,21,23)/t14-/m0/s1. The van der Waals surface area contributed by atoms with Crippen molar-refractivity contribution in [1.82, 2.24) is 10.5 Å². The van der Waals surface area contributed by atoms with Crippen LogP contribution in [0.15, 0.2) is 28.8 Å². The van der Waals surface area contributed by atoms with Crippen LogP contribution in [0, 0.1) is 24.5 Å². The number of aromatic nitrogens is 1. The number of aryl methyl sites for hydroxylation is 1. The molecule has 2 rings (SSSR count). The van der Waals surface area contributed by atoms with Gasteiger partial charge < -0.3 is 15.2 Å². The van der Waals surface area contributed by atoms with Crippen molar-refractivity contribution in [3.8, 4) is 0 Å². The predicted octanol–water partition coefficient (Wildman–Crippen LogP) is 2.65. The molecule has 2 N–H and O–H groups in total. The number of rotatable bonds is 5. The van der Waals surface area contributed by atoms with Crippen molar-refractivity contribution in [2.45, 2.75) is 26.8 Å². The highest BCUT2D eigenvalue weighted by atomic mass is 19.2. The van der Waals surface area contributed by atoms with Crippen LogP contribution in [0.5, 0.6) is 0 Å². The molecule has 0 fully saturated rings. The van der Waals surface area contributed by atoms with E-state index in [2.05, 4.69) is 15.8 Å². The minimum atomic E-state index is -1.13. The Balaban J connectivity index is 2.10.